The third kappa shape index (κ3) is 5.13. The first-order chi connectivity index (χ1) is 13.8. The van der Waals surface area contributed by atoms with Gasteiger partial charge in [0.2, 0.25) is 10.0 Å². The summed E-state index contributed by atoms with van der Waals surface area (Å²) < 4.78 is 47.1. The Balaban J connectivity index is 1.85. The minimum absolute atomic E-state index is 0.0791. The molecule has 1 fully saturated rings. The molecule has 0 heterocycles. The van der Waals surface area contributed by atoms with Crippen molar-refractivity contribution in [2.45, 2.75) is 43.5 Å². The number of anilines is 1. The summed E-state index contributed by atoms with van der Waals surface area (Å²) in [6, 6.07) is 9.42. The van der Waals surface area contributed by atoms with Crippen LogP contribution in [0.2, 0.25) is 0 Å². The Labute approximate surface area is 170 Å². The van der Waals surface area contributed by atoms with Gasteiger partial charge in [-0.3, -0.25) is 4.79 Å². The number of carbonyl (C=O) groups is 1. The van der Waals surface area contributed by atoms with Crippen molar-refractivity contribution in [1.82, 2.24) is 4.72 Å². The molecular weight excluding hydrogens is 395 g/mol. The van der Waals surface area contributed by atoms with E-state index in [1.807, 2.05) is 6.92 Å². The number of hydrogen-bond acceptors (Lipinski definition) is 4. The maximum atomic E-state index is 13.0. The molecule has 2 aromatic rings. The highest BCUT2D eigenvalue weighted by atomic mass is 32.2. The Morgan fingerprint density at radius 1 is 1.10 bits per heavy atom. The lowest BCUT2D eigenvalue weighted by Gasteiger charge is -2.29. The Morgan fingerprint density at radius 2 is 1.79 bits per heavy atom. The van der Waals surface area contributed by atoms with Crippen molar-refractivity contribution < 1.29 is 22.3 Å². The Kier molecular flexibility index (Phi) is 6.54. The first kappa shape index (κ1) is 21.3. The fraction of sp³-hybridized carbons (Fsp3) is 0.381. The summed E-state index contributed by atoms with van der Waals surface area (Å²) in [5, 5.41) is 2.63. The van der Waals surface area contributed by atoms with Crippen LogP contribution in [0, 0.1) is 11.7 Å². The number of ether oxygens (including phenoxy) is 1. The van der Waals surface area contributed by atoms with Crippen LogP contribution in [-0.4, -0.2) is 27.5 Å². The second-order valence-corrected chi connectivity index (χ2v) is 9.00. The number of halogens is 1. The molecule has 156 valence electrons. The van der Waals surface area contributed by atoms with Gasteiger partial charge in [0, 0.05) is 17.3 Å². The minimum Gasteiger partial charge on any atom is -0.495 e. The normalized spacial score (nSPS) is 19.6. The molecule has 29 heavy (non-hydrogen) atoms. The molecule has 0 spiro atoms. The van der Waals surface area contributed by atoms with E-state index in [-0.39, 0.29) is 28.2 Å². The fourth-order valence-electron chi connectivity index (χ4n) is 3.52. The quantitative estimate of drug-likeness (QED) is 0.741. The van der Waals surface area contributed by atoms with Crippen LogP contribution in [0.25, 0.3) is 0 Å². The first-order valence-corrected chi connectivity index (χ1v) is 11.1. The summed E-state index contributed by atoms with van der Waals surface area (Å²) in [5.41, 5.74) is 0.568. The van der Waals surface area contributed by atoms with Crippen molar-refractivity contribution in [3.05, 3.63) is 53.8 Å². The summed E-state index contributed by atoms with van der Waals surface area (Å²) in [5.74, 6) is -0.501. The van der Waals surface area contributed by atoms with E-state index in [1.54, 1.807) is 0 Å². The van der Waals surface area contributed by atoms with Gasteiger partial charge in [-0.05, 0) is 61.2 Å². The predicted octanol–water partition coefficient (Wildman–Crippen LogP) is 3.94. The molecule has 8 heteroatoms. The molecule has 2 unspecified atom stereocenters. The lowest BCUT2D eigenvalue weighted by Crippen LogP contribution is -2.41. The van der Waals surface area contributed by atoms with E-state index in [0.717, 1.165) is 25.7 Å². The standard InChI is InChI=1S/C21H25FN2O4S/c1-14-5-3-4-6-18(14)24-29(26,27)20-13-15(7-12-19(20)28-2)21(25)23-17-10-8-16(22)9-11-17/h7-14,18,24H,3-6H2,1-2H3,(H,23,25). The molecule has 0 saturated heterocycles. The van der Waals surface area contributed by atoms with Gasteiger partial charge in [-0.2, -0.15) is 0 Å². The van der Waals surface area contributed by atoms with Crippen molar-refractivity contribution in [1.29, 1.82) is 0 Å². The molecule has 0 aromatic heterocycles. The molecule has 1 amide bonds. The topological polar surface area (TPSA) is 84.5 Å². The number of sulfonamides is 1. The molecule has 0 aliphatic heterocycles. The number of rotatable bonds is 6. The highest BCUT2D eigenvalue weighted by Crippen LogP contribution is 2.29. The third-order valence-corrected chi connectivity index (χ3v) is 6.75. The van der Waals surface area contributed by atoms with E-state index in [0.29, 0.717) is 5.69 Å². The number of benzene rings is 2. The molecule has 0 bridgehead atoms. The predicted molar refractivity (Wildman–Crippen MR) is 109 cm³/mol. The number of hydrogen-bond donors (Lipinski definition) is 2. The lowest BCUT2D eigenvalue weighted by atomic mass is 9.87. The van der Waals surface area contributed by atoms with Crippen LogP contribution in [0.15, 0.2) is 47.4 Å². The molecule has 2 aromatic carbocycles. The molecule has 1 aliphatic rings. The average molecular weight is 421 g/mol. The monoisotopic (exact) mass is 420 g/mol. The van der Waals surface area contributed by atoms with Gasteiger partial charge in [0.05, 0.1) is 7.11 Å². The van der Waals surface area contributed by atoms with E-state index in [1.165, 1.54) is 49.6 Å². The molecule has 2 atom stereocenters. The maximum Gasteiger partial charge on any atom is 0.255 e. The van der Waals surface area contributed by atoms with Crippen LogP contribution in [0.3, 0.4) is 0 Å². The lowest BCUT2D eigenvalue weighted by molar-refractivity contribution is 0.102. The van der Waals surface area contributed by atoms with Crippen LogP contribution in [0.1, 0.15) is 43.0 Å². The molecule has 1 aliphatic carbocycles. The van der Waals surface area contributed by atoms with E-state index in [9.17, 15) is 17.6 Å². The Hall–Kier alpha value is -2.45. The zero-order valence-electron chi connectivity index (χ0n) is 16.4. The van der Waals surface area contributed by atoms with Crippen molar-refractivity contribution >= 4 is 21.6 Å². The van der Waals surface area contributed by atoms with Crippen LogP contribution < -0.4 is 14.8 Å². The maximum absolute atomic E-state index is 13.0. The zero-order chi connectivity index (χ0) is 21.0. The summed E-state index contributed by atoms with van der Waals surface area (Å²) >= 11 is 0. The number of nitrogens with one attached hydrogen (secondary N) is 2. The SMILES string of the molecule is COc1ccc(C(=O)Nc2ccc(F)cc2)cc1S(=O)(=O)NC1CCCCC1C. The first-order valence-electron chi connectivity index (χ1n) is 9.57. The highest BCUT2D eigenvalue weighted by molar-refractivity contribution is 7.89. The van der Waals surface area contributed by atoms with Gasteiger partial charge in [0.15, 0.2) is 0 Å². The van der Waals surface area contributed by atoms with Gasteiger partial charge in [0.1, 0.15) is 16.5 Å². The number of amides is 1. The van der Waals surface area contributed by atoms with E-state index < -0.39 is 21.7 Å². The van der Waals surface area contributed by atoms with Crippen molar-refractivity contribution in [3.63, 3.8) is 0 Å². The van der Waals surface area contributed by atoms with Gasteiger partial charge < -0.3 is 10.1 Å². The zero-order valence-corrected chi connectivity index (χ0v) is 17.3. The van der Waals surface area contributed by atoms with Crippen molar-refractivity contribution in [3.8, 4) is 5.75 Å². The fourth-order valence-corrected chi connectivity index (χ4v) is 5.09. The second kappa shape index (κ2) is 8.92. The molecule has 1 saturated carbocycles. The van der Waals surface area contributed by atoms with Gasteiger partial charge in [-0.25, -0.2) is 17.5 Å². The summed E-state index contributed by atoms with van der Waals surface area (Å²) in [6.07, 6.45) is 3.84. The second-order valence-electron chi connectivity index (χ2n) is 7.32. The van der Waals surface area contributed by atoms with Gasteiger partial charge in [0.25, 0.3) is 5.91 Å². The summed E-state index contributed by atoms with van der Waals surface area (Å²) in [4.78, 5) is 12.5. The molecule has 6 nitrogen and oxygen atoms in total. The van der Waals surface area contributed by atoms with E-state index in [2.05, 4.69) is 10.0 Å². The van der Waals surface area contributed by atoms with Gasteiger partial charge in [-0.15, -0.1) is 0 Å². The van der Waals surface area contributed by atoms with Crippen molar-refractivity contribution in [2.24, 2.45) is 5.92 Å². The minimum atomic E-state index is -3.87. The van der Waals surface area contributed by atoms with Gasteiger partial charge >= 0.3 is 0 Å². The number of methoxy groups -OCH3 is 1. The van der Waals surface area contributed by atoms with Crippen LogP contribution in [0.4, 0.5) is 10.1 Å². The van der Waals surface area contributed by atoms with Crippen LogP contribution >= 0.6 is 0 Å². The third-order valence-electron chi connectivity index (χ3n) is 5.24. The smallest absolute Gasteiger partial charge is 0.255 e. The molecular formula is C21H25FN2O4S. The van der Waals surface area contributed by atoms with Crippen molar-refractivity contribution in [2.75, 3.05) is 12.4 Å². The van der Waals surface area contributed by atoms with E-state index in [4.69, 9.17) is 4.74 Å². The summed E-state index contributed by atoms with van der Waals surface area (Å²) in [7, 11) is -2.49. The van der Waals surface area contributed by atoms with Crippen LogP contribution in [-0.2, 0) is 10.0 Å². The molecule has 0 radical (unpaired) electrons. The Bertz CT molecular complexity index is 977. The van der Waals surface area contributed by atoms with Gasteiger partial charge in [-0.1, -0.05) is 19.8 Å². The highest BCUT2D eigenvalue weighted by Gasteiger charge is 2.29. The Morgan fingerprint density at radius 3 is 2.45 bits per heavy atom. The van der Waals surface area contributed by atoms with Crippen LogP contribution in [0.5, 0.6) is 5.75 Å². The average Bonchev–Trinajstić information content (AvgIpc) is 2.71. The molecule has 2 N–H and O–H groups in total. The number of carbonyl (C=O) groups excluding carboxylic acids is 1. The largest absolute Gasteiger partial charge is 0.495 e. The van der Waals surface area contributed by atoms with E-state index >= 15 is 0 Å². The molecule has 3 rings (SSSR count). The summed E-state index contributed by atoms with van der Waals surface area (Å²) in [6.45, 7) is 2.04.